The van der Waals surface area contributed by atoms with Gasteiger partial charge in [0, 0.05) is 24.1 Å². The molecule has 0 aliphatic carbocycles. The van der Waals surface area contributed by atoms with Gasteiger partial charge in [0.1, 0.15) is 11.9 Å². The number of rotatable bonds is 6. The Morgan fingerprint density at radius 3 is 2.61 bits per heavy atom. The number of thiophene rings is 1. The first-order valence-electron chi connectivity index (χ1n) is 9.76. The SMILES string of the molecule is COCON1C(=O)N(c2ccccc2)CC1C#Cc1ccc(Cc2ccc(F)cc2)s1. The minimum atomic E-state index is -0.425. The molecule has 7 heteroatoms. The summed E-state index contributed by atoms with van der Waals surface area (Å²) in [4.78, 5) is 22.0. The van der Waals surface area contributed by atoms with Crippen molar-refractivity contribution in [2.75, 3.05) is 25.3 Å². The first kappa shape index (κ1) is 21.1. The number of urea groups is 1. The quantitative estimate of drug-likeness (QED) is 0.416. The standard InChI is InChI=1S/C24H21FN2O3S/c1-29-17-30-27-21(16-26(24(27)28)20-5-3-2-4-6-20)11-12-22-13-14-23(31-22)15-18-7-9-19(25)10-8-18/h2-10,13-14,21H,15-17H2,1H3. The molecule has 2 heterocycles. The lowest BCUT2D eigenvalue weighted by Gasteiger charge is -2.18. The smallest absolute Gasteiger partial charge is 0.349 e. The van der Waals surface area contributed by atoms with Crippen LogP contribution in [0.25, 0.3) is 0 Å². The molecule has 4 rings (SSSR count). The monoisotopic (exact) mass is 436 g/mol. The maximum Gasteiger partial charge on any atom is 0.349 e. The van der Waals surface area contributed by atoms with Gasteiger partial charge >= 0.3 is 6.03 Å². The van der Waals surface area contributed by atoms with Crippen molar-refractivity contribution in [3.8, 4) is 11.8 Å². The van der Waals surface area contributed by atoms with Gasteiger partial charge in [-0.05, 0) is 42.0 Å². The van der Waals surface area contributed by atoms with Crippen molar-refractivity contribution < 1.29 is 18.8 Å². The zero-order valence-corrected chi connectivity index (χ0v) is 17.8. The molecule has 158 valence electrons. The number of methoxy groups -OCH3 is 1. The van der Waals surface area contributed by atoms with Crippen LogP contribution >= 0.6 is 11.3 Å². The van der Waals surface area contributed by atoms with Crippen molar-refractivity contribution in [3.63, 3.8) is 0 Å². The van der Waals surface area contributed by atoms with Gasteiger partial charge in [-0.25, -0.2) is 14.0 Å². The third-order valence-electron chi connectivity index (χ3n) is 4.75. The lowest BCUT2D eigenvalue weighted by atomic mass is 10.1. The van der Waals surface area contributed by atoms with E-state index in [9.17, 15) is 9.18 Å². The Labute approximate surface area is 184 Å². The molecular weight excluding hydrogens is 415 g/mol. The number of hydrogen-bond donors (Lipinski definition) is 0. The van der Waals surface area contributed by atoms with E-state index in [2.05, 4.69) is 11.8 Å². The number of benzene rings is 2. The molecule has 0 saturated carbocycles. The predicted octanol–water partition coefficient (Wildman–Crippen LogP) is 4.68. The van der Waals surface area contributed by atoms with E-state index in [1.165, 1.54) is 24.3 Å². The van der Waals surface area contributed by atoms with Crippen LogP contribution in [0.2, 0.25) is 0 Å². The summed E-state index contributed by atoms with van der Waals surface area (Å²) in [5, 5.41) is 1.27. The van der Waals surface area contributed by atoms with Gasteiger partial charge in [-0.3, -0.25) is 4.90 Å². The third-order valence-corrected chi connectivity index (χ3v) is 5.75. The van der Waals surface area contributed by atoms with Gasteiger partial charge in [-0.2, -0.15) is 5.06 Å². The summed E-state index contributed by atoms with van der Waals surface area (Å²) in [5.41, 5.74) is 1.84. The lowest BCUT2D eigenvalue weighted by molar-refractivity contribution is -0.185. The van der Waals surface area contributed by atoms with E-state index in [-0.39, 0.29) is 18.6 Å². The lowest BCUT2D eigenvalue weighted by Crippen LogP contribution is -2.35. The van der Waals surface area contributed by atoms with Crippen molar-refractivity contribution >= 4 is 23.1 Å². The van der Waals surface area contributed by atoms with Crippen molar-refractivity contribution in [1.29, 1.82) is 0 Å². The van der Waals surface area contributed by atoms with E-state index in [1.807, 2.05) is 42.5 Å². The molecular formula is C24H21FN2O3S. The first-order valence-corrected chi connectivity index (χ1v) is 10.6. The number of hydrogen-bond acceptors (Lipinski definition) is 4. The Bertz CT molecular complexity index is 1090. The topological polar surface area (TPSA) is 42.0 Å². The largest absolute Gasteiger partial charge is 0.356 e. The second-order valence-electron chi connectivity index (χ2n) is 6.94. The minimum absolute atomic E-state index is 0.0344. The van der Waals surface area contributed by atoms with Crippen molar-refractivity contribution in [3.05, 3.63) is 87.9 Å². The molecule has 31 heavy (non-hydrogen) atoms. The van der Waals surface area contributed by atoms with Crippen LogP contribution in [0.1, 0.15) is 15.3 Å². The van der Waals surface area contributed by atoms with Gasteiger partial charge in [-0.15, -0.1) is 11.3 Å². The molecule has 3 aromatic rings. The number of para-hydroxylation sites is 1. The highest BCUT2D eigenvalue weighted by atomic mass is 32.1. The molecule has 1 saturated heterocycles. The zero-order chi connectivity index (χ0) is 21.6. The average molecular weight is 437 g/mol. The Hall–Kier alpha value is -3.18. The van der Waals surface area contributed by atoms with Crippen LogP contribution < -0.4 is 4.90 Å². The summed E-state index contributed by atoms with van der Waals surface area (Å²) in [5.74, 6) is 6.09. The Kier molecular flexibility index (Phi) is 6.63. The number of carbonyl (C=O) groups is 1. The summed E-state index contributed by atoms with van der Waals surface area (Å²) in [6.45, 7) is 0.362. The van der Waals surface area contributed by atoms with Crippen molar-refractivity contribution in [2.45, 2.75) is 12.5 Å². The van der Waals surface area contributed by atoms with Crippen LogP contribution in [-0.4, -0.2) is 37.6 Å². The highest BCUT2D eigenvalue weighted by Gasteiger charge is 2.38. The fourth-order valence-corrected chi connectivity index (χ4v) is 4.16. The molecule has 1 unspecified atom stereocenters. The molecule has 0 bridgehead atoms. The fraction of sp³-hybridized carbons (Fsp3) is 0.208. The van der Waals surface area contributed by atoms with Crippen molar-refractivity contribution in [1.82, 2.24) is 5.06 Å². The highest BCUT2D eigenvalue weighted by molar-refractivity contribution is 7.12. The van der Waals surface area contributed by atoms with E-state index < -0.39 is 6.04 Å². The van der Waals surface area contributed by atoms with Gasteiger partial charge in [0.2, 0.25) is 0 Å². The average Bonchev–Trinajstić information content (AvgIpc) is 3.37. The molecule has 1 aliphatic rings. The van der Waals surface area contributed by atoms with Gasteiger partial charge in [0.15, 0.2) is 6.79 Å². The Morgan fingerprint density at radius 2 is 1.87 bits per heavy atom. The molecule has 2 amide bonds. The number of ether oxygens (including phenoxy) is 1. The molecule has 5 nitrogen and oxygen atoms in total. The molecule has 0 N–H and O–H groups in total. The molecule has 2 aromatic carbocycles. The number of hydroxylamine groups is 2. The fourth-order valence-electron chi connectivity index (χ4n) is 3.26. The first-order chi connectivity index (χ1) is 15.1. The maximum atomic E-state index is 13.1. The number of nitrogens with zero attached hydrogens (tertiary/aromatic N) is 2. The Morgan fingerprint density at radius 1 is 1.10 bits per heavy atom. The highest BCUT2D eigenvalue weighted by Crippen LogP contribution is 2.24. The number of anilines is 1. The predicted molar refractivity (Wildman–Crippen MR) is 118 cm³/mol. The normalized spacial score (nSPS) is 15.8. The molecule has 1 fully saturated rings. The molecule has 0 radical (unpaired) electrons. The summed E-state index contributed by atoms with van der Waals surface area (Å²) in [7, 11) is 1.50. The second-order valence-corrected chi connectivity index (χ2v) is 8.11. The van der Waals surface area contributed by atoms with Gasteiger partial charge in [-0.1, -0.05) is 42.2 Å². The minimum Gasteiger partial charge on any atom is -0.356 e. The van der Waals surface area contributed by atoms with Crippen LogP contribution in [0.4, 0.5) is 14.9 Å². The molecule has 0 spiro atoms. The van der Waals surface area contributed by atoms with Crippen LogP contribution in [-0.2, 0) is 16.0 Å². The number of amides is 2. The van der Waals surface area contributed by atoms with Gasteiger partial charge in [0.25, 0.3) is 0 Å². The summed E-state index contributed by atoms with van der Waals surface area (Å²) >= 11 is 1.58. The molecule has 1 atom stereocenters. The van der Waals surface area contributed by atoms with Crippen LogP contribution in [0.3, 0.4) is 0 Å². The summed E-state index contributed by atoms with van der Waals surface area (Å²) in [6.07, 6.45) is 0.722. The maximum absolute atomic E-state index is 13.1. The van der Waals surface area contributed by atoms with E-state index >= 15 is 0 Å². The van der Waals surface area contributed by atoms with Crippen LogP contribution in [0, 0.1) is 17.7 Å². The number of halogens is 1. The van der Waals surface area contributed by atoms with E-state index in [0.29, 0.717) is 6.54 Å². The van der Waals surface area contributed by atoms with Crippen LogP contribution in [0.15, 0.2) is 66.7 Å². The summed E-state index contributed by atoms with van der Waals surface area (Å²) < 4.78 is 18.1. The zero-order valence-electron chi connectivity index (χ0n) is 17.0. The van der Waals surface area contributed by atoms with E-state index in [0.717, 1.165) is 27.4 Å². The Balaban J connectivity index is 1.49. The number of carbonyl (C=O) groups excluding carboxylic acids is 1. The van der Waals surface area contributed by atoms with Crippen LogP contribution in [0.5, 0.6) is 0 Å². The van der Waals surface area contributed by atoms with E-state index in [1.54, 1.807) is 28.4 Å². The van der Waals surface area contributed by atoms with E-state index in [4.69, 9.17) is 9.57 Å². The second kappa shape index (κ2) is 9.75. The van der Waals surface area contributed by atoms with Gasteiger partial charge < -0.3 is 4.74 Å². The van der Waals surface area contributed by atoms with Crippen molar-refractivity contribution in [2.24, 2.45) is 0 Å². The third kappa shape index (κ3) is 5.12. The molecule has 1 aliphatic heterocycles. The summed E-state index contributed by atoms with van der Waals surface area (Å²) in [6, 6.07) is 19.2. The van der Waals surface area contributed by atoms with Gasteiger partial charge in [0.05, 0.1) is 11.4 Å². The molecule has 1 aromatic heterocycles.